The topological polar surface area (TPSA) is 47.2 Å². The SMILES string of the molecule is O=C(CSc1cccc[n+]1[O-])N1CCC[C@H]1c1ccc(Cl)cc1. The van der Waals surface area contributed by atoms with Crippen LogP contribution in [0.2, 0.25) is 5.02 Å². The molecule has 1 amide bonds. The molecule has 0 spiro atoms. The number of halogens is 1. The van der Waals surface area contributed by atoms with Gasteiger partial charge >= 0.3 is 0 Å². The lowest BCUT2D eigenvalue weighted by molar-refractivity contribution is -0.645. The van der Waals surface area contributed by atoms with Gasteiger partial charge in [-0.05, 0) is 48.4 Å². The molecular formula is C17H17ClN2O2S. The first kappa shape index (κ1) is 16.1. The van der Waals surface area contributed by atoms with Gasteiger partial charge in [0.2, 0.25) is 5.91 Å². The smallest absolute Gasteiger partial charge is 0.251 e. The largest absolute Gasteiger partial charge is 0.618 e. The Kier molecular flexibility index (Phi) is 5.08. The van der Waals surface area contributed by atoms with Gasteiger partial charge in [-0.15, -0.1) is 0 Å². The maximum absolute atomic E-state index is 12.5. The Balaban J connectivity index is 1.66. The summed E-state index contributed by atoms with van der Waals surface area (Å²) in [4.78, 5) is 14.5. The molecule has 1 saturated heterocycles. The van der Waals surface area contributed by atoms with Crippen LogP contribution < -0.4 is 4.73 Å². The Labute approximate surface area is 144 Å². The maximum atomic E-state index is 12.5. The predicted octanol–water partition coefficient (Wildman–Crippen LogP) is 3.43. The second-order valence-corrected chi connectivity index (χ2v) is 6.88. The first-order chi connectivity index (χ1) is 11.1. The molecule has 23 heavy (non-hydrogen) atoms. The Morgan fingerprint density at radius 3 is 2.83 bits per heavy atom. The van der Waals surface area contributed by atoms with E-state index in [0.717, 1.165) is 29.7 Å². The van der Waals surface area contributed by atoms with E-state index >= 15 is 0 Å². The van der Waals surface area contributed by atoms with Gasteiger partial charge in [-0.3, -0.25) is 4.79 Å². The third-order valence-corrected chi connectivity index (χ3v) is 5.22. The summed E-state index contributed by atoms with van der Waals surface area (Å²) < 4.78 is 0.790. The molecule has 1 aromatic heterocycles. The Hall–Kier alpha value is -1.72. The van der Waals surface area contributed by atoms with Gasteiger partial charge in [-0.25, -0.2) is 0 Å². The van der Waals surface area contributed by atoms with Crippen molar-refractivity contribution in [1.29, 1.82) is 0 Å². The van der Waals surface area contributed by atoms with Crippen LogP contribution in [0.1, 0.15) is 24.4 Å². The first-order valence-corrected chi connectivity index (χ1v) is 8.87. The molecule has 0 bridgehead atoms. The van der Waals surface area contributed by atoms with E-state index in [4.69, 9.17) is 11.6 Å². The van der Waals surface area contributed by atoms with E-state index in [-0.39, 0.29) is 17.7 Å². The number of aromatic nitrogens is 1. The minimum absolute atomic E-state index is 0.0660. The van der Waals surface area contributed by atoms with E-state index in [1.165, 1.54) is 18.0 Å². The number of amides is 1. The molecular weight excluding hydrogens is 332 g/mol. The number of benzene rings is 1. The minimum Gasteiger partial charge on any atom is -0.618 e. The molecule has 0 saturated carbocycles. The van der Waals surface area contributed by atoms with Gasteiger partial charge in [0.05, 0.1) is 11.8 Å². The summed E-state index contributed by atoms with van der Waals surface area (Å²) in [6, 6.07) is 13.0. The Morgan fingerprint density at radius 1 is 1.30 bits per heavy atom. The maximum Gasteiger partial charge on any atom is 0.251 e. The van der Waals surface area contributed by atoms with Crippen molar-refractivity contribution in [3.05, 3.63) is 64.5 Å². The molecule has 0 aliphatic carbocycles. The van der Waals surface area contributed by atoms with Crippen LogP contribution in [0.3, 0.4) is 0 Å². The average Bonchev–Trinajstić information content (AvgIpc) is 3.04. The number of hydrogen-bond acceptors (Lipinski definition) is 3. The summed E-state index contributed by atoms with van der Waals surface area (Å²) >= 11 is 7.21. The number of hydrogen-bond donors (Lipinski definition) is 0. The molecule has 1 atom stereocenters. The molecule has 1 aromatic carbocycles. The number of likely N-dealkylation sites (tertiary alicyclic amines) is 1. The molecule has 120 valence electrons. The van der Waals surface area contributed by atoms with Crippen LogP contribution in [-0.4, -0.2) is 23.1 Å². The zero-order valence-corrected chi connectivity index (χ0v) is 14.1. The summed E-state index contributed by atoms with van der Waals surface area (Å²) in [5, 5.41) is 12.9. The summed E-state index contributed by atoms with van der Waals surface area (Å²) in [5.74, 6) is 0.340. The number of nitrogens with zero attached hydrogens (tertiary/aromatic N) is 2. The summed E-state index contributed by atoms with van der Waals surface area (Å²) in [6.45, 7) is 0.763. The third kappa shape index (κ3) is 3.79. The number of carbonyl (C=O) groups is 1. The second kappa shape index (κ2) is 7.23. The second-order valence-electron chi connectivity index (χ2n) is 5.45. The third-order valence-electron chi connectivity index (χ3n) is 3.96. The van der Waals surface area contributed by atoms with Crippen molar-refractivity contribution in [2.24, 2.45) is 0 Å². The van der Waals surface area contributed by atoms with Crippen LogP contribution in [0.15, 0.2) is 53.7 Å². The Bertz CT molecular complexity index is 693. The van der Waals surface area contributed by atoms with Crippen molar-refractivity contribution < 1.29 is 9.52 Å². The predicted molar refractivity (Wildman–Crippen MR) is 91.3 cm³/mol. The quantitative estimate of drug-likeness (QED) is 0.483. The molecule has 6 heteroatoms. The van der Waals surface area contributed by atoms with Crippen LogP contribution in [0, 0.1) is 5.21 Å². The average molecular weight is 349 g/mol. The highest BCUT2D eigenvalue weighted by molar-refractivity contribution is 7.99. The van der Waals surface area contributed by atoms with E-state index in [1.807, 2.05) is 29.2 Å². The zero-order valence-electron chi connectivity index (χ0n) is 12.5. The van der Waals surface area contributed by atoms with Crippen LogP contribution >= 0.6 is 23.4 Å². The van der Waals surface area contributed by atoms with E-state index in [9.17, 15) is 10.0 Å². The van der Waals surface area contributed by atoms with Gasteiger partial charge in [-0.2, -0.15) is 4.73 Å². The summed E-state index contributed by atoms with van der Waals surface area (Å²) in [5.41, 5.74) is 1.11. The standard InChI is InChI=1S/C17H17ClN2O2S/c18-14-8-6-13(7-9-14)15-4-3-10-19(15)16(21)12-23-17-5-1-2-11-20(17)22/h1-2,5-9,11,15H,3-4,10,12H2/t15-/m0/s1. The molecule has 3 rings (SSSR count). The summed E-state index contributed by atoms with van der Waals surface area (Å²) in [6.07, 6.45) is 3.40. The normalized spacial score (nSPS) is 17.4. The lowest BCUT2D eigenvalue weighted by Crippen LogP contribution is -2.33. The van der Waals surface area contributed by atoms with Crippen LogP contribution in [0.5, 0.6) is 0 Å². The number of pyridine rings is 1. The molecule has 2 heterocycles. The number of thioether (sulfide) groups is 1. The van der Waals surface area contributed by atoms with Crippen LogP contribution in [0.25, 0.3) is 0 Å². The summed E-state index contributed by atoms with van der Waals surface area (Å²) in [7, 11) is 0. The van der Waals surface area contributed by atoms with Gasteiger partial charge in [0.1, 0.15) is 0 Å². The highest BCUT2D eigenvalue weighted by atomic mass is 35.5. The van der Waals surface area contributed by atoms with E-state index in [2.05, 4.69) is 0 Å². The fourth-order valence-electron chi connectivity index (χ4n) is 2.84. The minimum atomic E-state index is 0.0660. The van der Waals surface area contributed by atoms with Crippen molar-refractivity contribution in [2.45, 2.75) is 23.9 Å². The van der Waals surface area contributed by atoms with Gasteiger partial charge < -0.3 is 10.1 Å². The molecule has 4 nitrogen and oxygen atoms in total. The zero-order chi connectivity index (χ0) is 16.2. The Morgan fingerprint density at radius 2 is 2.09 bits per heavy atom. The molecule has 0 unspecified atom stereocenters. The van der Waals surface area contributed by atoms with Crippen molar-refractivity contribution in [3.63, 3.8) is 0 Å². The molecule has 2 aromatic rings. The molecule has 1 fully saturated rings. The van der Waals surface area contributed by atoms with Gasteiger partial charge in [0.25, 0.3) is 5.03 Å². The fraction of sp³-hybridized carbons (Fsp3) is 0.294. The van der Waals surface area contributed by atoms with Gasteiger partial charge in [0.15, 0.2) is 6.20 Å². The van der Waals surface area contributed by atoms with Crippen molar-refractivity contribution in [2.75, 3.05) is 12.3 Å². The number of carbonyl (C=O) groups excluding carboxylic acids is 1. The first-order valence-electron chi connectivity index (χ1n) is 7.51. The highest BCUT2D eigenvalue weighted by Crippen LogP contribution is 2.33. The van der Waals surface area contributed by atoms with E-state index in [1.54, 1.807) is 18.2 Å². The van der Waals surface area contributed by atoms with Gasteiger partial charge in [0, 0.05) is 23.7 Å². The molecule has 1 aliphatic heterocycles. The lowest BCUT2D eigenvalue weighted by atomic mass is 10.0. The van der Waals surface area contributed by atoms with Gasteiger partial charge in [-0.1, -0.05) is 23.7 Å². The van der Waals surface area contributed by atoms with Crippen molar-refractivity contribution >= 4 is 29.3 Å². The molecule has 0 radical (unpaired) electrons. The lowest BCUT2D eigenvalue weighted by Gasteiger charge is -2.25. The van der Waals surface area contributed by atoms with Crippen molar-refractivity contribution in [1.82, 2.24) is 4.90 Å². The van der Waals surface area contributed by atoms with Crippen LogP contribution in [-0.2, 0) is 4.79 Å². The molecule has 1 aliphatic rings. The van der Waals surface area contributed by atoms with E-state index in [0.29, 0.717) is 10.0 Å². The molecule has 0 N–H and O–H groups in total. The number of rotatable bonds is 4. The highest BCUT2D eigenvalue weighted by Gasteiger charge is 2.30. The fourth-order valence-corrected chi connectivity index (χ4v) is 3.77. The van der Waals surface area contributed by atoms with Crippen LogP contribution in [0.4, 0.5) is 0 Å². The monoisotopic (exact) mass is 348 g/mol. The van der Waals surface area contributed by atoms with E-state index < -0.39 is 0 Å². The van der Waals surface area contributed by atoms with Crippen molar-refractivity contribution in [3.8, 4) is 0 Å².